The lowest BCUT2D eigenvalue weighted by Crippen LogP contribution is -2.30. The van der Waals surface area contributed by atoms with Gasteiger partial charge in [-0.1, -0.05) is 42.5 Å². The fourth-order valence-electron chi connectivity index (χ4n) is 4.19. The number of furan rings is 1. The molecular formula is C25H29N3O2. The van der Waals surface area contributed by atoms with Crippen molar-refractivity contribution in [3.05, 3.63) is 88.9 Å². The highest BCUT2D eigenvalue weighted by Gasteiger charge is 2.28. The molecule has 0 bridgehead atoms. The maximum Gasteiger partial charge on any atom is 0.255 e. The second kappa shape index (κ2) is 8.76. The minimum atomic E-state index is -0.0986. The van der Waals surface area contributed by atoms with Gasteiger partial charge in [0.15, 0.2) is 0 Å². The molecule has 0 fully saturated rings. The summed E-state index contributed by atoms with van der Waals surface area (Å²) >= 11 is 0. The maximum absolute atomic E-state index is 12.9. The molecule has 30 heavy (non-hydrogen) atoms. The first-order valence-electron chi connectivity index (χ1n) is 10.4. The van der Waals surface area contributed by atoms with Crippen molar-refractivity contribution in [3.8, 4) is 0 Å². The first kappa shape index (κ1) is 20.2. The van der Waals surface area contributed by atoms with Gasteiger partial charge in [0.05, 0.1) is 18.4 Å². The Morgan fingerprint density at radius 1 is 1.10 bits per heavy atom. The number of hydrogen-bond donors (Lipinski definition) is 1. The number of carbonyl (C=O) groups is 1. The van der Waals surface area contributed by atoms with E-state index in [1.54, 1.807) is 12.3 Å². The number of benzene rings is 2. The van der Waals surface area contributed by atoms with Crippen LogP contribution in [0.4, 0.5) is 5.69 Å². The quantitative estimate of drug-likeness (QED) is 0.642. The fraction of sp³-hybridized carbons (Fsp3) is 0.320. The predicted octanol–water partition coefficient (Wildman–Crippen LogP) is 4.22. The predicted molar refractivity (Wildman–Crippen MR) is 120 cm³/mol. The van der Waals surface area contributed by atoms with Gasteiger partial charge in [-0.05, 0) is 56.3 Å². The van der Waals surface area contributed by atoms with E-state index in [-0.39, 0.29) is 5.91 Å². The summed E-state index contributed by atoms with van der Waals surface area (Å²) in [7, 11) is 4.09. The Morgan fingerprint density at radius 3 is 2.63 bits per heavy atom. The van der Waals surface area contributed by atoms with Gasteiger partial charge >= 0.3 is 0 Å². The molecule has 1 aliphatic heterocycles. The number of nitrogens with one attached hydrogen (secondary N) is 1. The number of hydrogen-bond acceptors (Lipinski definition) is 4. The lowest BCUT2D eigenvalue weighted by molar-refractivity contribution is 0.0948. The van der Waals surface area contributed by atoms with Gasteiger partial charge in [0, 0.05) is 24.8 Å². The molecule has 2 aromatic carbocycles. The minimum Gasteiger partial charge on any atom is -0.467 e. The van der Waals surface area contributed by atoms with Crippen molar-refractivity contribution in [2.45, 2.75) is 39.0 Å². The lowest BCUT2D eigenvalue weighted by atomic mass is 10.1. The summed E-state index contributed by atoms with van der Waals surface area (Å²) < 4.78 is 5.73. The number of fused-ring (bicyclic) bond motifs is 1. The summed E-state index contributed by atoms with van der Waals surface area (Å²) in [6.45, 7) is 4.14. The van der Waals surface area contributed by atoms with E-state index >= 15 is 0 Å². The number of anilines is 1. The topological polar surface area (TPSA) is 48.7 Å². The average Bonchev–Trinajstić information content (AvgIpc) is 3.31. The van der Waals surface area contributed by atoms with Gasteiger partial charge in [0.2, 0.25) is 0 Å². The summed E-state index contributed by atoms with van der Waals surface area (Å²) in [4.78, 5) is 17.4. The van der Waals surface area contributed by atoms with Crippen molar-refractivity contribution in [1.82, 2.24) is 10.2 Å². The highest BCUT2D eigenvalue weighted by atomic mass is 16.3. The van der Waals surface area contributed by atoms with Crippen molar-refractivity contribution in [2.24, 2.45) is 0 Å². The van der Waals surface area contributed by atoms with Crippen LogP contribution in [0.5, 0.6) is 0 Å². The van der Waals surface area contributed by atoms with Crippen molar-refractivity contribution in [2.75, 3.05) is 19.0 Å². The second-order valence-corrected chi connectivity index (χ2v) is 8.26. The molecule has 3 aromatic rings. The highest BCUT2D eigenvalue weighted by Crippen LogP contribution is 2.33. The third-order valence-corrected chi connectivity index (χ3v) is 5.70. The first-order valence-corrected chi connectivity index (χ1v) is 10.4. The molecule has 1 atom stereocenters. The number of amides is 1. The number of carbonyl (C=O) groups excluding carboxylic acids is 1. The van der Waals surface area contributed by atoms with Crippen LogP contribution in [0.1, 0.15) is 39.7 Å². The van der Waals surface area contributed by atoms with Crippen LogP contribution in [0.3, 0.4) is 0 Å². The van der Waals surface area contributed by atoms with Crippen LogP contribution in [0.25, 0.3) is 0 Å². The molecule has 0 radical (unpaired) electrons. The second-order valence-electron chi connectivity index (χ2n) is 8.26. The van der Waals surface area contributed by atoms with Gasteiger partial charge in [-0.2, -0.15) is 0 Å². The molecule has 5 heteroatoms. The zero-order valence-corrected chi connectivity index (χ0v) is 17.9. The van der Waals surface area contributed by atoms with Crippen LogP contribution >= 0.6 is 0 Å². The Balaban J connectivity index is 1.46. The van der Waals surface area contributed by atoms with Crippen LogP contribution in [-0.4, -0.2) is 30.9 Å². The Kier molecular flexibility index (Phi) is 5.91. The van der Waals surface area contributed by atoms with E-state index < -0.39 is 0 Å². The molecule has 1 amide bonds. The lowest BCUT2D eigenvalue weighted by Gasteiger charge is -2.24. The molecule has 0 spiro atoms. The van der Waals surface area contributed by atoms with Crippen LogP contribution in [0.15, 0.2) is 65.3 Å². The molecule has 0 aliphatic carbocycles. The summed E-state index contributed by atoms with van der Waals surface area (Å²) in [6, 6.07) is 18.8. The first-order chi connectivity index (χ1) is 14.5. The van der Waals surface area contributed by atoms with Gasteiger partial charge in [-0.25, -0.2) is 0 Å². The van der Waals surface area contributed by atoms with E-state index in [4.69, 9.17) is 4.42 Å². The van der Waals surface area contributed by atoms with Gasteiger partial charge in [-0.3, -0.25) is 4.79 Å². The summed E-state index contributed by atoms with van der Waals surface area (Å²) in [5, 5.41) is 3.07. The number of para-hydroxylation sites is 1. The monoisotopic (exact) mass is 403 g/mol. The van der Waals surface area contributed by atoms with Gasteiger partial charge < -0.3 is 19.5 Å². The van der Waals surface area contributed by atoms with Gasteiger partial charge in [0.1, 0.15) is 5.76 Å². The molecule has 5 nitrogen and oxygen atoms in total. The average molecular weight is 404 g/mol. The largest absolute Gasteiger partial charge is 0.467 e. The fourth-order valence-corrected chi connectivity index (χ4v) is 4.19. The molecule has 1 N–H and O–H groups in total. The van der Waals surface area contributed by atoms with E-state index in [0.29, 0.717) is 30.5 Å². The van der Waals surface area contributed by atoms with Crippen molar-refractivity contribution >= 4 is 11.6 Å². The van der Waals surface area contributed by atoms with Gasteiger partial charge in [0.25, 0.3) is 5.91 Å². The smallest absolute Gasteiger partial charge is 0.255 e. The molecule has 1 unspecified atom stereocenters. The third kappa shape index (κ3) is 4.26. The highest BCUT2D eigenvalue weighted by molar-refractivity contribution is 5.95. The van der Waals surface area contributed by atoms with E-state index in [2.05, 4.69) is 58.4 Å². The van der Waals surface area contributed by atoms with Crippen molar-refractivity contribution in [3.63, 3.8) is 0 Å². The maximum atomic E-state index is 12.9. The number of nitrogens with zero attached hydrogens (tertiary/aromatic N) is 2. The standard InChI is InChI=1S/C25H29N3O2/c1-18-14-19-8-6-7-11-23(19)28(18)17-24-22(12-13-30-24)25(29)26-15-20-9-4-5-10-21(20)16-27(2)3/h4-13,18H,14-17H2,1-3H3,(H,26,29). The summed E-state index contributed by atoms with van der Waals surface area (Å²) in [5.74, 6) is 0.608. The van der Waals surface area contributed by atoms with Crippen molar-refractivity contribution in [1.29, 1.82) is 0 Å². The normalized spacial score (nSPS) is 15.5. The van der Waals surface area contributed by atoms with E-state index in [1.165, 1.54) is 16.8 Å². The SMILES string of the molecule is CC1Cc2ccccc2N1Cc1occc1C(=O)NCc1ccccc1CN(C)C. The zero-order chi connectivity index (χ0) is 21.1. The molecule has 0 saturated carbocycles. The summed E-state index contributed by atoms with van der Waals surface area (Å²) in [5.41, 5.74) is 5.53. The Hall–Kier alpha value is -3.05. The molecule has 156 valence electrons. The minimum absolute atomic E-state index is 0.0986. The molecule has 4 rings (SSSR count). The van der Waals surface area contributed by atoms with E-state index in [1.807, 2.05) is 26.2 Å². The van der Waals surface area contributed by atoms with Gasteiger partial charge in [-0.15, -0.1) is 0 Å². The number of rotatable bonds is 7. The van der Waals surface area contributed by atoms with Crippen LogP contribution in [0, 0.1) is 0 Å². The molecule has 1 aliphatic rings. The molecular weight excluding hydrogens is 374 g/mol. The summed E-state index contributed by atoms with van der Waals surface area (Å²) in [6.07, 6.45) is 2.62. The van der Waals surface area contributed by atoms with Crippen LogP contribution in [0.2, 0.25) is 0 Å². The van der Waals surface area contributed by atoms with Crippen LogP contribution < -0.4 is 10.2 Å². The van der Waals surface area contributed by atoms with Crippen LogP contribution in [-0.2, 0) is 26.1 Å². The molecule has 2 heterocycles. The van der Waals surface area contributed by atoms with Crippen molar-refractivity contribution < 1.29 is 9.21 Å². The van der Waals surface area contributed by atoms with E-state index in [9.17, 15) is 4.79 Å². The Labute approximate surface area is 178 Å². The Morgan fingerprint density at radius 2 is 1.83 bits per heavy atom. The van der Waals surface area contributed by atoms with E-state index in [0.717, 1.165) is 18.5 Å². The molecule has 1 aromatic heterocycles. The third-order valence-electron chi connectivity index (χ3n) is 5.70. The molecule has 0 saturated heterocycles. The Bertz CT molecular complexity index is 1020. The zero-order valence-electron chi connectivity index (χ0n) is 17.9.